The van der Waals surface area contributed by atoms with Crippen LogP contribution in [-0.4, -0.2) is 6.10 Å². The van der Waals surface area contributed by atoms with Gasteiger partial charge in [0.05, 0.1) is 6.10 Å². The Balaban J connectivity index is 1.95. The molecule has 0 heterocycles. The minimum atomic E-state index is -0.290. The first-order valence-electron chi connectivity index (χ1n) is 8.22. The van der Waals surface area contributed by atoms with Gasteiger partial charge in [-0.25, -0.2) is 4.39 Å². The molecule has 0 saturated carbocycles. The molecule has 0 N–H and O–H groups in total. The van der Waals surface area contributed by atoms with Crippen LogP contribution in [0.5, 0.6) is 5.75 Å². The Labute approximate surface area is 133 Å². The van der Waals surface area contributed by atoms with Gasteiger partial charge in [0.1, 0.15) is 0 Å². The highest BCUT2D eigenvalue weighted by Gasteiger charge is 2.10. The van der Waals surface area contributed by atoms with Crippen molar-refractivity contribution in [1.29, 1.82) is 0 Å². The molecule has 1 atom stereocenters. The van der Waals surface area contributed by atoms with Crippen LogP contribution in [0.25, 0.3) is 11.1 Å². The first-order chi connectivity index (χ1) is 10.7. The minimum absolute atomic E-state index is 0.0499. The van der Waals surface area contributed by atoms with Crippen LogP contribution in [0.2, 0.25) is 0 Å². The molecule has 0 fully saturated rings. The SMILES string of the molecule is CCCCCCC(C)Oc1ccc(-c2ccccc2)cc1F. The highest BCUT2D eigenvalue weighted by atomic mass is 19.1. The van der Waals surface area contributed by atoms with E-state index in [2.05, 4.69) is 6.92 Å². The fourth-order valence-electron chi connectivity index (χ4n) is 2.54. The number of unbranched alkanes of at least 4 members (excludes halogenated alkanes) is 3. The van der Waals surface area contributed by atoms with E-state index < -0.39 is 0 Å². The predicted octanol–water partition coefficient (Wildman–Crippen LogP) is 6.23. The molecule has 0 spiro atoms. The summed E-state index contributed by atoms with van der Waals surface area (Å²) in [4.78, 5) is 0. The Kier molecular flexibility index (Phi) is 6.45. The Morgan fingerprint density at radius 1 is 0.955 bits per heavy atom. The number of ether oxygens (including phenoxy) is 1. The van der Waals surface area contributed by atoms with Crippen LogP contribution in [0.15, 0.2) is 48.5 Å². The van der Waals surface area contributed by atoms with Gasteiger partial charge in [0.15, 0.2) is 11.6 Å². The van der Waals surface area contributed by atoms with Crippen LogP contribution in [0.3, 0.4) is 0 Å². The molecule has 1 unspecified atom stereocenters. The monoisotopic (exact) mass is 300 g/mol. The summed E-state index contributed by atoms with van der Waals surface area (Å²) >= 11 is 0. The maximum absolute atomic E-state index is 14.2. The lowest BCUT2D eigenvalue weighted by atomic mass is 10.1. The second kappa shape index (κ2) is 8.57. The van der Waals surface area contributed by atoms with Gasteiger partial charge in [-0.1, -0.05) is 62.6 Å². The summed E-state index contributed by atoms with van der Waals surface area (Å²) in [6.45, 7) is 4.21. The van der Waals surface area contributed by atoms with Crippen molar-refractivity contribution < 1.29 is 9.13 Å². The molecule has 0 aromatic heterocycles. The highest BCUT2D eigenvalue weighted by molar-refractivity contribution is 5.64. The third-order valence-electron chi connectivity index (χ3n) is 3.83. The van der Waals surface area contributed by atoms with Crippen LogP contribution < -0.4 is 4.74 Å². The Hall–Kier alpha value is -1.83. The van der Waals surface area contributed by atoms with Crippen LogP contribution >= 0.6 is 0 Å². The highest BCUT2D eigenvalue weighted by Crippen LogP contribution is 2.26. The lowest BCUT2D eigenvalue weighted by molar-refractivity contribution is 0.197. The average Bonchev–Trinajstić information content (AvgIpc) is 2.54. The third-order valence-corrected chi connectivity index (χ3v) is 3.83. The smallest absolute Gasteiger partial charge is 0.165 e. The lowest BCUT2D eigenvalue weighted by Gasteiger charge is -2.15. The number of hydrogen-bond acceptors (Lipinski definition) is 1. The van der Waals surface area contributed by atoms with Crippen molar-refractivity contribution in [3.8, 4) is 16.9 Å². The van der Waals surface area contributed by atoms with Crippen molar-refractivity contribution in [3.63, 3.8) is 0 Å². The zero-order valence-corrected chi connectivity index (χ0v) is 13.5. The van der Waals surface area contributed by atoms with Crippen LogP contribution in [0.4, 0.5) is 4.39 Å². The van der Waals surface area contributed by atoms with Gasteiger partial charge in [0.2, 0.25) is 0 Å². The summed E-state index contributed by atoms with van der Waals surface area (Å²) in [5, 5.41) is 0. The molecule has 22 heavy (non-hydrogen) atoms. The van der Waals surface area contributed by atoms with E-state index in [-0.39, 0.29) is 11.9 Å². The molecule has 0 amide bonds. The van der Waals surface area contributed by atoms with E-state index >= 15 is 0 Å². The second-order valence-corrected chi connectivity index (χ2v) is 5.79. The summed E-state index contributed by atoms with van der Waals surface area (Å²) in [6, 6.07) is 15.0. The molecule has 0 saturated heterocycles. The maximum atomic E-state index is 14.2. The number of rotatable bonds is 8. The molecule has 0 aliphatic heterocycles. The van der Waals surface area contributed by atoms with Crippen LogP contribution in [-0.2, 0) is 0 Å². The zero-order valence-electron chi connectivity index (χ0n) is 13.5. The van der Waals surface area contributed by atoms with E-state index in [0.717, 1.165) is 24.0 Å². The summed E-state index contributed by atoms with van der Waals surface area (Å²) in [6.07, 6.45) is 5.87. The Bertz CT molecular complexity index is 565. The third kappa shape index (κ3) is 4.87. The Morgan fingerprint density at radius 2 is 1.73 bits per heavy atom. The summed E-state index contributed by atoms with van der Waals surface area (Å²) in [7, 11) is 0. The van der Waals surface area contributed by atoms with Gasteiger partial charge in [0.25, 0.3) is 0 Å². The quantitative estimate of drug-likeness (QED) is 0.525. The number of benzene rings is 2. The van der Waals surface area contributed by atoms with Gasteiger partial charge in [0, 0.05) is 0 Å². The standard InChI is InChI=1S/C20H25FO/c1-3-4-5-7-10-16(2)22-20-14-13-18(15-19(20)21)17-11-8-6-9-12-17/h6,8-9,11-16H,3-5,7,10H2,1-2H3. The van der Waals surface area contributed by atoms with Gasteiger partial charge in [-0.05, 0) is 43.0 Å². The topological polar surface area (TPSA) is 9.23 Å². The second-order valence-electron chi connectivity index (χ2n) is 5.79. The number of halogens is 1. The zero-order chi connectivity index (χ0) is 15.8. The van der Waals surface area contributed by atoms with E-state index in [0.29, 0.717) is 5.75 Å². The van der Waals surface area contributed by atoms with Crippen molar-refractivity contribution in [3.05, 3.63) is 54.3 Å². The summed E-state index contributed by atoms with van der Waals surface area (Å²) in [5.41, 5.74) is 1.89. The molecule has 2 heteroatoms. The van der Waals surface area contributed by atoms with Crippen LogP contribution in [0.1, 0.15) is 46.0 Å². The van der Waals surface area contributed by atoms with Crippen molar-refractivity contribution in [2.24, 2.45) is 0 Å². The first kappa shape index (κ1) is 16.5. The Morgan fingerprint density at radius 3 is 2.41 bits per heavy atom. The fourth-order valence-corrected chi connectivity index (χ4v) is 2.54. The van der Waals surface area contributed by atoms with Gasteiger partial charge in [-0.15, -0.1) is 0 Å². The van der Waals surface area contributed by atoms with Gasteiger partial charge >= 0.3 is 0 Å². The molecule has 0 radical (unpaired) electrons. The summed E-state index contributed by atoms with van der Waals surface area (Å²) in [5.74, 6) is 0.0597. The normalized spacial score (nSPS) is 12.1. The van der Waals surface area contributed by atoms with Gasteiger partial charge in [-0.3, -0.25) is 0 Å². The van der Waals surface area contributed by atoms with E-state index in [1.165, 1.54) is 19.3 Å². The van der Waals surface area contributed by atoms with E-state index in [1.54, 1.807) is 12.1 Å². The largest absolute Gasteiger partial charge is 0.488 e. The van der Waals surface area contributed by atoms with Crippen molar-refractivity contribution >= 4 is 0 Å². The van der Waals surface area contributed by atoms with Gasteiger partial charge < -0.3 is 4.74 Å². The maximum Gasteiger partial charge on any atom is 0.165 e. The minimum Gasteiger partial charge on any atom is -0.488 e. The predicted molar refractivity (Wildman–Crippen MR) is 90.7 cm³/mol. The molecule has 118 valence electrons. The molecule has 2 aromatic carbocycles. The first-order valence-corrected chi connectivity index (χ1v) is 8.22. The van der Waals surface area contributed by atoms with E-state index in [4.69, 9.17) is 4.74 Å². The van der Waals surface area contributed by atoms with E-state index in [1.807, 2.05) is 43.3 Å². The van der Waals surface area contributed by atoms with Crippen molar-refractivity contribution in [1.82, 2.24) is 0 Å². The fraction of sp³-hybridized carbons (Fsp3) is 0.400. The molecular formula is C20H25FO. The lowest BCUT2D eigenvalue weighted by Crippen LogP contribution is -2.12. The average molecular weight is 300 g/mol. The molecule has 2 aromatic rings. The molecule has 1 nitrogen and oxygen atoms in total. The molecule has 0 aliphatic rings. The molecule has 0 aliphatic carbocycles. The summed E-state index contributed by atoms with van der Waals surface area (Å²) < 4.78 is 20.0. The van der Waals surface area contributed by atoms with Crippen molar-refractivity contribution in [2.75, 3.05) is 0 Å². The van der Waals surface area contributed by atoms with E-state index in [9.17, 15) is 4.39 Å². The molecular weight excluding hydrogens is 275 g/mol. The van der Waals surface area contributed by atoms with Gasteiger partial charge in [-0.2, -0.15) is 0 Å². The van der Waals surface area contributed by atoms with Crippen LogP contribution in [0, 0.1) is 5.82 Å². The van der Waals surface area contributed by atoms with Crippen molar-refractivity contribution in [2.45, 2.75) is 52.1 Å². The molecule has 0 bridgehead atoms. The molecule has 2 rings (SSSR count). The number of hydrogen-bond donors (Lipinski definition) is 0.